The van der Waals surface area contributed by atoms with Gasteiger partial charge in [0, 0.05) is 78.6 Å². The molecular weight excluding hydrogens is 1030 g/mol. The normalized spacial score (nSPS) is 10.6. The Morgan fingerprint density at radius 1 is 0.462 bits per heavy atom. The van der Waals surface area contributed by atoms with Crippen LogP contribution in [0.4, 0.5) is 45.6 Å². The first-order valence-electron chi connectivity index (χ1n) is 25.0. The number of para-hydroxylation sites is 1. The van der Waals surface area contributed by atoms with Crippen molar-refractivity contribution in [3.63, 3.8) is 0 Å². The van der Waals surface area contributed by atoms with Crippen molar-refractivity contribution in [1.29, 1.82) is 0 Å². The number of anilines is 8. The minimum Gasteiger partial charge on any atom is -0.380 e. The minimum absolute atomic E-state index is 0.179. The molecule has 10 rings (SSSR count). The van der Waals surface area contributed by atoms with E-state index in [1.165, 1.54) is 33.6 Å². The Hall–Kier alpha value is -8.60. The summed E-state index contributed by atoms with van der Waals surface area (Å²) in [4.78, 5) is 53.5. The van der Waals surface area contributed by atoms with Crippen LogP contribution in [-0.4, -0.2) is 76.9 Å². The van der Waals surface area contributed by atoms with E-state index >= 15 is 0 Å². The Labute approximate surface area is 465 Å². The molecule has 0 saturated carbocycles. The van der Waals surface area contributed by atoms with Gasteiger partial charge in [-0.25, -0.2) is 44.9 Å². The van der Waals surface area contributed by atoms with Gasteiger partial charge in [-0.3, -0.25) is 4.79 Å². The zero-order chi connectivity index (χ0) is 54.8. The summed E-state index contributed by atoms with van der Waals surface area (Å²) < 4.78 is 0. The maximum absolute atomic E-state index is 12.0. The Bertz CT molecular complexity index is 3500. The number of carbonyl (C=O) groups excluding carboxylic acids is 1. The minimum atomic E-state index is -0.179. The summed E-state index contributed by atoms with van der Waals surface area (Å²) >= 11 is 4.47. The molecule has 0 fully saturated rings. The van der Waals surface area contributed by atoms with Crippen LogP contribution < -0.4 is 43.4 Å². The molecule has 0 spiro atoms. The molecular formula is C57H61N17OS3. The van der Waals surface area contributed by atoms with Gasteiger partial charge in [0.05, 0.1) is 18.9 Å². The molecule has 21 heteroatoms. The van der Waals surface area contributed by atoms with Gasteiger partial charge >= 0.3 is 0 Å². The van der Waals surface area contributed by atoms with E-state index in [2.05, 4.69) is 159 Å². The number of benzene rings is 4. The smallest absolute Gasteiger partial charge is 0.263 e. The van der Waals surface area contributed by atoms with Crippen molar-refractivity contribution in [2.45, 2.75) is 48.1 Å². The van der Waals surface area contributed by atoms with Gasteiger partial charge in [-0.1, -0.05) is 47.7 Å². The molecule has 1 amide bonds. The van der Waals surface area contributed by atoms with Crippen LogP contribution in [0.3, 0.4) is 0 Å². The molecule has 6 aromatic heterocycles. The highest BCUT2D eigenvalue weighted by atomic mass is 32.1. The predicted molar refractivity (Wildman–Crippen MR) is 320 cm³/mol. The summed E-state index contributed by atoms with van der Waals surface area (Å²) in [5, 5.41) is 22.5. The van der Waals surface area contributed by atoms with Crippen LogP contribution >= 0.6 is 34.0 Å². The first-order chi connectivity index (χ1) is 37.8. The highest BCUT2D eigenvalue weighted by Crippen LogP contribution is 2.30. The SMILES string of the molecule is Cc1cc(C)cc(Nc2nccc(-c3ncc(C(=O)NCCN)s3)n2)c1.Cc1cc(C)cc(Nc2nccc(-c3ncc(CNc4ccccc4)s3)n2)c1.Cc1cc(C)cc(Nc2nccc(-c3ncc(NCCN)s3)n2)c1. The van der Waals surface area contributed by atoms with Crippen molar-refractivity contribution in [1.82, 2.24) is 50.2 Å². The molecule has 0 unspecified atom stereocenters. The van der Waals surface area contributed by atoms with E-state index < -0.39 is 0 Å². The number of nitrogens with one attached hydrogen (secondary N) is 6. The first kappa shape index (κ1) is 55.6. The number of nitrogens with zero attached hydrogens (tertiary/aromatic N) is 9. The fraction of sp³-hybridized carbons (Fsp3) is 0.193. The van der Waals surface area contributed by atoms with Crippen LogP contribution in [0, 0.1) is 41.5 Å². The lowest BCUT2D eigenvalue weighted by Crippen LogP contribution is -2.28. The van der Waals surface area contributed by atoms with Crippen LogP contribution in [0.25, 0.3) is 32.1 Å². The maximum Gasteiger partial charge on any atom is 0.263 e. The lowest BCUT2D eigenvalue weighted by Gasteiger charge is -2.07. The third-order valence-corrected chi connectivity index (χ3v) is 14.0. The highest BCUT2D eigenvalue weighted by Gasteiger charge is 2.14. The number of aromatic nitrogens is 9. The summed E-state index contributed by atoms with van der Waals surface area (Å²) in [5.74, 6) is 1.43. The van der Waals surface area contributed by atoms with Crippen molar-refractivity contribution in [2.24, 2.45) is 11.5 Å². The summed E-state index contributed by atoms with van der Waals surface area (Å²) in [6.45, 7) is 15.3. The number of rotatable bonds is 18. The number of aryl methyl sites for hydroxylation is 6. The van der Waals surface area contributed by atoms with E-state index in [0.717, 1.165) is 78.2 Å². The Balaban J connectivity index is 0.000000155. The first-order valence-corrected chi connectivity index (χ1v) is 27.4. The van der Waals surface area contributed by atoms with Crippen LogP contribution in [0.2, 0.25) is 0 Å². The van der Waals surface area contributed by atoms with Gasteiger partial charge in [0.2, 0.25) is 17.8 Å². The van der Waals surface area contributed by atoms with Crippen LogP contribution in [0.15, 0.2) is 140 Å². The molecule has 0 aliphatic rings. The number of hydrogen-bond acceptors (Lipinski definition) is 20. The van der Waals surface area contributed by atoms with Gasteiger partial charge in [0.25, 0.3) is 5.91 Å². The molecule has 0 aliphatic carbocycles. The molecule has 18 nitrogen and oxygen atoms in total. The van der Waals surface area contributed by atoms with E-state index in [4.69, 9.17) is 11.5 Å². The van der Waals surface area contributed by atoms with Gasteiger partial charge < -0.3 is 43.4 Å². The highest BCUT2D eigenvalue weighted by molar-refractivity contribution is 7.19. The quantitative estimate of drug-likeness (QED) is 0.0397. The molecule has 4 aromatic carbocycles. The molecule has 10 N–H and O–H groups in total. The standard InChI is InChI=1S/C22H21N5S.C18H20N6OS.C17H20N6S/c1-15-10-16(2)12-18(11-15)26-22-23-9-8-20(27-22)21-25-14-19(28-21)13-24-17-6-4-3-5-7-17;1-11-7-12(2)9-13(8-11)23-18-21-5-3-14(24-18)17-22-10-15(26-17)16(25)20-6-4-19;1-11-7-12(2)9-13(8-11)22-17-20-5-3-14(23-17)16-21-10-15(24-16)19-6-4-18/h3-12,14,24H,13H2,1-2H3,(H,23,26,27);3,5,7-10H,4,6,19H2,1-2H3,(H,20,25)(H,21,23,24);3,5,7-10,19H,4,6,18H2,1-2H3,(H,20,22,23). The monoisotopic (exact) mass is 1100 g/mol. The van der Waals surface area contributed by atoms with Crippen LogP contribution in [-0.2, 0) is 6.54 Å². The van der Waals surface area contributed by atoms with E-state index in [-0.39, 0.29) is 5.91 Å². The largest absolute Gasteiger partial charge is 0.380 e. The molecule has 398 valence electrons. The Morgan fingerprint density at radius 3 is 1.37 bits per heavy atom. The fourth-order valence-electron chi connectivity index (χ4n) is 7.83. The Morgan fingerprint density at radius 2 is 0.897 bits per heavy atom. The number of amides is 1. The molecule has 78 heavy (non-hydrogen) atoms. The summed E-state index contributed by atoms with van der Waals surface area (Å²) in [6.07, 6.45) is 10.4. The molecule has 0 aliphatic heterocycles. The van der Waals surface area contributed by atoms with Crippen LogP contribution in [0.5, 0.6) is 0 Å². The number of thiazole rings is 3. The second-order valence-corrected chi connectivity index (χ2v) is 21.1. The number of carbonyl (C=O) groups is 1. The van der Waals surface area contributed by atoms with E-state index in [1.54, 1.807) is 59.7 Å². The van der Waals surface area contributed by atoms with Gasteiger partial charge in [-0.15, -0.1) is 22.7 Å². The second kappa shape index (κ2) is 27.4. The lowest BCUT2D eigenvalue weighted by atomic mass is 10.1. The van der Waals surface area contributed by atoms with Crippen molar-refractivity contribution in [3.05, 3.63) is 183 Å². The van der Waals surface area contributed by atoms with E-state index in [1.807, 2.05) is 62.5 Å². The maximum atomic E-state index is 12.0. The zero-order valence-electron chi connectivity index (χ0n) is 44.1. The summed E-state index contributed by atoms with van der Waals surface area (Å²) in [6, 6.07) is 34.4. The topological polar surface area (TPSA) is 257 Å². The Kier molecular flexibility index (Phi) is 19.6. The van der Waals surface area contributed by atoms with Gasteiger partial charge in [0.15, 0.2) is 0 Å². The number of nitrogens with two attached hydrogens (primary N) is 2. The molecule has 0 atom stereocenters. The third-order valence-electron chi connectivity index (χ3n) is 11.0. The molecule has 10 aromatic rings. The van der Waals surface area contributed by atoms with Crippen molar-refractivity contribution in [3.8, 4) is 32.1 Å². The summed E-state index contributed by atoms with van der Waals surface area (Å²) in [7, 11) is 0. The predicted octanol–water partition coefficient (Wildman–Crippen LogP) is 11.6. The van der Waals surface area contributed by atoms with Gasteiger partial charge in [-0.05, 0) is 142 Å². The molecule has 6 heterocycles. The molecule has 0 radical (unpaired) electrons. The van der Waals surface area contributed by atoms with Crippen LogP contribution in [0.1, 0.15) is 47.9 Å². The number of hydrogen-bond donors (Lipinski definition) is 8. The summed E-state index contributed by atoms with van der Waals surface area (Å²) in [5.41, 5.74) is 24.3. The van der Waals surface area contributed by atoms with Gasteiger partial charge in [0.1, 0.15) is 42.0 Å². The average molecular weight is 1100 g/mol. The molecule has 0 saturated heterocycles. The third kappa shape index (κ3) is 16.7. The van der Waals surface area contributed by atoms with Crippen molar-refractivity contribution in [2.75, 3.05) is 52.8 Å². The second-order valence-electron chi connectivity index (χ2n) is 18.0. The fourth-order valence-corrected chi connectivity index (χ4v) is 10.3. The lowest BCUT2D eigenvalue weighted by molar-refractivity contribution is 0.0958. The molecule has 0 bridgehead atoms. The van der Waals surface area contributed by atoms with Crippen molar-refractivity contribution >= 4 is 85.5 Å². The average Bonchev–Trinajstić information content (AvgIpc) is 4.23. The van der Waals surface area contributed by atoms with Gasteiger partial charge in [-0.2, -0.15) is 0 Å². The zero-order valence-corrected chi connectivity index (χ0v) is 46.6. The van der Waals surface area contributed by atoms with E-state index in [0.29, 0.717) is 53.1 Å². The van der Waals surface area contributed by atoms with E-state index in [9.17, 15) is 4.79 Å². The van der Waals surface area contributed by atoms with Crippen molar-refractivity contribution < 1.29 is 4.79 Å².